The lowest BCUT2D eigenvalue weighted by Gasteiger charge is -2.23. The Labute approximate surface area is 113 Å². The molecular weight excluding hydrogens is 275 g/mol. The summed E-state index contributed by atoms with van der Waals surface area (Å²) >= 11 is 0. The van der Waals surface area contributed by atoms with E-state index in [-0.39, 0.29) is 25.9 Å². The maximum absolute atomic E-state index is 12.5. The van der Waals surface area contributed by atoms with E-state index in [1.54, 1.807) is 30.3 Å². The van der Waals surface area contributed by atoms with E-state index >= 15 is 0 Å². The molecule has 0 saturated heterocycles. The van der Waals surface area contributed by atoms with Crippen molar-refractivity contribution >= 4 is 11.9 Å². The molecule has 1 N–H and O–H groups in total. The fourth-order valence-electron chi connectivity index (χ4n) is 1.66. The largest absolute Gasteiger partial charge is 0.481 e. The van der Waals surface area contributed by atoms with Crippen molar-refractivity contribution in [2.75, 3.05) is 6.54 Å². The maximum Gasteiger partial charge on any atom is 0.471 e. The lowest BCUT2D eigenvalue weighted by molar-refractivity contribution is -0.186. The zero-order valence-electron chi connectivity index (χ0n) is 10.6. The number of hydrogen-bond donors (Lipinski definition) is 1. The second kappa shape index (κ2) is 6.93. The van der Waals surface area contributed by atoms with E-state index in [9.17, 15) is 22.8 Å². The molecule has 0 atom stereocenters. The van der Waals surface area contributed by atoms with Gasteiger partial charge in [0.1, 0.15) is 0 Å². The fourth-order valence-corrected chi connectivity index (χ4v) is 1.66. The van der Waals surface area contributed by atoms with E-state index in [0.29, 0.717) is 10.5 Å². The van der Waals surface area contributed by atoms with Gasteiger partial charge in [0.2, 0.25) is 0 Å². The van der Waals surface area contributed by atoms with Gasteiger partial charge >= 0.3 is 18.1 Å². The van der Waals surface area contributed by atoms with Crippen molar-refractivity contribution in [2.24, 2.45) is 0 Å². The first-order valence-corrected chi connectivity index (χ1v) is 5.92. The van der Waals surface area contributed by atoms with Crippen molar-refractivity contribution in [2.45, 2.75) is 25.6 Å². The molecule has 0 radical (unpaired) electrons. The molecule has 0 heterocycles. The third-order valence-corrected chi connectivity index (χ3v) is 2.56. The molecule has 110 valence electrons. The van der Waals surface area contributed by atoms with Gasteiger partial charge in [-0.2, -0.15) is 13.2 Å². The topological polar surface area (TPSA) is 57.6 Å². The van der Waals surface area contributed by atoms with Crippen LogP contribution < -0.4 is 0 Å². The number of carboxylic acid groups (broad SMARTS) is 1. The summed E-state index contributed by atoms with van der Waals surface area (Å²) in [5, 5.41) is 8.49. The molecular formula is C13H14F3NO3. The Morgan fingerprint density at radius 3 is 2.25 bits per heavy atom. The number of halogens is 3. The minimum absolute atomic E-state index is 0.0238. The molecule has 0 bridgehead atoms. The highest BCUT2D eigenvalue weighted by Crippen LogP contribution is 2.20. The number of hydrogen-bond acceptors (Lipinski definition) is 2. The molecule has 0 aromatic heterocycles. The number of aliphatic carboxylic acids is 1. The summed E-state index contributed by atoms with van der Waals surface area (Å²) in [6.45, 7) is -0.446. The van der Waals surface area contributed by atoms with E-state index in [0.717, 1.165) is 0 Å². The quantitative estimate of drug-likeness (QED) is 0.875. The fraction of sp³-hybridized carbons (Fsp3) is 0.385. The van der Waals surface area contributed by atoms with E-state index in [1.807, 2.05) is 0 Å². The van der Waals surface area contributed by atoms with Crippen LogP contribution in [-0.4, -0.2) is 34.6 Å². The number of alkyl halides is 3. The zero-order chi connectivity index (χ0) is 15.2. The van der Waals surface area contributed by atoms with Crippen molar-refractivity contribution in [1.82, 2.24) is 4.90 Å². The van der Waals surface area contributed by atoms with E-state index in [4.69, 9.17) is 5.11 Å². The highest BCUT2D eigenvalue weighted by atomic mass is 19.4. The Bertz CT molecular complexity index is 460. The lowest BCUT2D eigenvalue weighted by Crippen LogP contribution is -2.41. The van der Waals surface area contributed by atoms with Crippen LogP contribution in [0.4, 0.5) is 13.2 Å². The molecule has 1 rings (SSSR count). The van der Waals surface area contributed by atoms with E-state index in [1.165, 1.54) is 0 Å². The zero-order valence-corrected chi connectivity index (χ0v) is 10.6. The minimum Gasteiger partial charge on any atom is -0.481 e. The van der Waals surface area contributed by atoms with Gasteiger partial charge in [-0.3, -0.25) is 9.59 Å². The van der Waals surface area contributed by atoms with Gasteiger partial charge in [0.15, 0.2) is 0 Å². The number of nitrogens with zero attached hydrogens (tertiary/aromatic N) is 1. The molecule has 0 aliphatic rings. The number of carboxylic acids is 1. The number of amides is 1. The summed E-state index contributed by atoms with van der Waals surface area (Å²) in [7, 11) is 0. The van der Waals surface area contributed by atoms with Gasteiger partial charge in [0.25, 0.3) is 0 Å². The SMILES string of the molecule is O=C(O)CCCN(Cc1ccccc1)C(=O)C(F)(F)F. The Balaban J connectivity index is 2.73. The van der Waals surface area contributed by atoms with Crippen LogP contribution in [0.15, 0.2) is 30.3 Å². The van der Waals surface area contributed by atoms with Crippen LogP contribution in [0.25, 0.3) is 0 Å². The first-order chi connectivity index (χ1) is 9.30. The van der Waals surface area contributed by atoms with Gasteiger partial charge in [0, 0.05) is 19.5 Å². The molecule has 0 aliphatic heterocycles. The normalized spacial score (nSPS) is 11.2. The van der Waals surface area contributed by atoms with Crippen LogP contribution in [0.1, 0.15) is 18.4 Å². The molecule has 0 aliphatic carbocycles. The monoisotopic (exact) mass is 289 g/mol. The van der Waals surface area contributed by atoms with Crippen molar-refractivity contribution in [3.05, 3.63) is 35.9 Å². The second-order valence-electron chi connectivity index (χ2n) is 4.21. The Hall–Kier alpha value is -2.05. The van der Waals surface area contributed by atoms with Gasteiger partial charge in [-0.25, -0.2) is 0 Å². The first kappa shape index (κ1) is 16.0. The van der Waals surface area contributed by atoms with Crippen molar-refractivity contribution < 1.29 is 27.9 Å². The molecule has 20 heavy (non-hydrogen) atoms. The first-order valence-electron chi connectivity index (χ1n) is 5.92. The summed E-state index contributed by atoms with van der Waals surface area (Å²) in [5.41, 5.74) is 0.556. The van der Waals surface area contributed by atoms with Crippen molar-refractivity contribution in [1.29, 1.82) is 0 Å². The van der Waals surface area contributed by atoms with Gasteiger partial charge in [-0.05, 0) is 12.0 Å². The van der Waals surface area contributed by atoms with Crippen LogP contribution >= 0.6 is 0 Å². The molecule has 0 spiro atoms. The Morgan fingerprint density at radius 2 is 1.75 bits per heavy atom. The van der Waals surface area contributed by atoms with E-state index < -0.39 is 18.1 Å². The predicted molar refractivity (Wildman–Crippen MR) is 64.8 cm³/mol. The number of carbonyl (C=O) groups excluding carboxylic acids is 1. The molecule has 0 fully saturated rings. The third-order valence-electron chi connectivity index (χ3n) is 2.56. The van der Waals surface area contributed by atoms with Crippen LogP contribution in [0, 0.1) is 0 Å². The smallest absolute Gasteiger partial charge is 0.471 e. The van der Waals surface area contributed by atoms with Crippen LogP contribution in [0.5, 0.6) is 0 Å². The Kier molecular flexibility index (Phi) is 5.54. The summed E-state index contributed by atoms with van der Waals surface area (Å²) < 4.78 is 37.4. The Morgan fingerprint density at radius 1 is 1.15 bits per heavy atom. The molecule has 1 amide bonds. The molecule has 1 aromatic rings. The lowest BCUT2D eigenvalue weighted by atomic mass is 10.2. The summed E-state index contributed by atoms with van der Waals surface area (Å²) in [5.74, 6) is -3.06. The van der Waals surface area contributed by atoms with Crippen LogP contribution in [0.2, 0.25) is 0 Å². The summed E-state index contributed by atoms with van der Waals surface area (Å²) in [4.78, 5) is 22.3. The van der Waals surface area contributed by atoms with Crippen LogP contribution in [0.3, 0.4) is 0 Å². The molecule has 1 aromatic carbocycles. The molecule has 7 heteroatoms. The second-order valence-corrected chi connectivity index (χ2v) is 4.21. The van der Waals surface area contributed by atoms with Crippen molar-refractivity contribution in [3.63, 3.8) is 0 Å². The molecule has 0 saturated carbocycles. The minimum atomic E-state index is -4.96. The van der Waals surface area contributed by atoms with Gasteiger partial charge in [0.05, 0.1) is 0 Å². The highest BCUT2D eigenvalue weighted by molar-refractivity contribution is 5.81. The number of rotatable bonds is 6. The maximum atomic E-state index is 12.5. The molecule has 0 unspecified atom stereocenters. The number of benzene rings is 1. The summed E-state index contributed by atoms with van der Waals surface area (Å²) in [6.07, 6.45) is -5.27. The van der Waals surface area contributed by atoms with Gasteiger partial charge < -0.3 is 10.0 Å². The van der Waals surface area contributed by atoms with E-state index in [2.05, 4.69) is 0 Å². The molecule has 4 nitrogen and oxygen atoms in total. The average molecular weight is 289 g/mol. The number of carbonyl (C=O) groups is 2. The van der Waals surface area contributed by atoms with Crippen molar-refractivity contribution in [3.8, 4) is 0 Å². The van der Waals surface area contributed by atoms with Gasteiger partial charge in [-0.1, -0.05) is 30.3 Å². The van der Waals surface area contributed by atoms with Gasteiger partial charge in [-0.15, -0.1) is 0 Å². The highest BCUT2D eigenvalue weighted by Gasteiger charge is 2.42. The summed E-state index contributed by atoms with van der Waals surface area (Å²) in [6, 6.07) is 8.23. The third kappa shape index (κ3) is 5.29. The standard InChI is InChI=1S/C13H14F3NO3/c14-13(15,16)12(20)17(8-4-7-11(18)19)9-10-5-2-1-3-6-10/h1-3,5-6H,4,7-9H2,(H,18,19). The predicted octanol–water partition coefficient (Wildman–Crippen LogP) is 2.44. The average Bonchev–Trinajstić information content (AvgIpc) is 2.36. The van der Waals surface area contributed by atoms with Crippen LogP contribution in [-0.2, 0) is 16.1 Å².